The molecule has 0 saturated heterocycles. The van der Waals surface area contributed by atoms with E-state index in [9.17, 15) is 0 Å². The molecule has 4 heteroatoms. The summed E-state index contributed by atoms with van der Waals surface area (Å²) in [5.41, 5.74) is 3.81. The molecule has 1 aromatic heterocycles. The number of halogens is 1. The quantitative estimate of drug-likeness (QED) is 0.817. The van der Waals surface area contributed by atoms with E-state index in [4.69, 9.17) is 16.3 Å². The monoisotopic (exact) mass is 248 g/mol. The van der Waals surface area contributed by atoms with Crippen molar-refractivity contribution >= 4 is 11.6 Å². The van der Waals surface area contributed by atoms with E-state index in [0.717, 1.165) is 22.4 Å². The zero-order valence-corrected chi connectivity index (χ0v) is 10.7. The molecule has 1 heterocycles. The average Bonchev–Trinajstić information content (AvgIpc) is 2.32. The minimum Gasteiger partial charge on any atom is -0.496 e. The Morgan fingerprint density at radius 1 is 1.06 bits per heavy atom. The number of nitrogens with zero attached hydrogens (tertiary/aromatic N) is 2. The molecular weight excluding hydrogens is 236 g/mol. The van der Waals surface area contributed by atoms with Crippen molar-refractivity contribution in [1.29, 1.82) is 0 Å². The zero-order valence-electron chi connectivity index (χ0n) is 9.99. The van der Waals surface area contributed by atoms with Gasteiger partial charge in [0.1, 0.15) is 11.4 Å². The maximum atomic E-state index is 6.05. The third-order valence-electron chi connectivity index (χ3n) is 2.65. The van der Waals surface area contributed by atoms with Crippen molar-refractivity contribution in [2.45, 2.75) is 13.8 Å². The molecule has 0 bridgehead atoms. The van der Waals surface area contributed by atoms with Crippen LogP contribution in [0.15, 0.2) is 24.5 Å². The first-order valence-electron chi connectivity index (χ1n) is 5.25. The lowest BCUT2D eigenvalue weighted by molar-refractivity contribution is 0.411. The Balaban J connectivity index is 2.61. The zero-order chi connectivity index (χ0) is 12.4. The normalized spacial score (nSPS) is 10.4. The van der Waals surface area contributed by atoms with Gasteiger partial charge < -0.3 is 4.74 Å². The van der Waals surface area contributed by atoms with E-state index >= 15 is 0 Å². The highest BCUT2D eigenvalue weighted by atomic mass is 35.5. The third-order valence-corrected chi connectivity index (χ3v) is 2.93. The summed E-state index contributed by atoms with van der Waals surface area (Å²) in [5, 5.41) is 0.417. The number of rotatable bonds is 2. The fourth-order valence-electron chi connectivity index (χ4n) is 1.77. The van der Waals surface area contributed by atoms with Crippen LogP contribution in [0.3, 0.4) is 0 Å². The topological polar surface area (TPSA) is 35.0 Å². The van der Waals surface area contributed by atoms with Crippen LogP contribution >= 0.6 is 11.6 Å². The van der Waals surface area contributed by atoms with E-state index in [0.29, 0.717) is 10.8 Å². The third kappa shape index (κ3) is 2.24. The van der Waals surface area contributed by atoms with E-state index < -0.39 is 0 Å². The molecule has 3 nitrogen and oxygen atoms in total. The second-order valence-corrected chi connectivity index (χ2v) is 4.19. The molecule has 88 valence electrons. The Labute approximate surface area is 105 Å². The predicted octanol–water partition coefficient (Wildman–Crippen LogP) is 3.42. The van der Waals surface area contributed by atoms with Gasteiger partial charge in [-0.2, -0.15) is 0 Å². The Kier molecular flexibility index (Phi) is 3.29. The molecule has 0 saturated carbocycles. The first-order valence-corrected chi connectivity index (χ1v) is 5.63. The van der Waals surface area contributed by atoms with Crippen molar-refractivity contribution in [2.75, 3.05) is 7.11 Å². The second kappa shape index (κ2) is 4.72. The molecule has 0 spiro atoms. The molecule has 0 N–H and O–H groups in total. The Morgan fingerprint density at radius 2 is 1.76 bits per heavy atom. The van der Waals surface area contributed by atoms with Crippen molar-refractivity contribution in [3.8, 4) is 17.0 Å². The maximum Gasteiger partial charge on any atom is 0.155 e. The van der Waals surface area contributed by atoms with Gasteiger partial charge in [-0.15, -0.1) is 0 Å². The van der Waals surface area contributed by atoms with Crippen molar-refractivity contribution in [1.82, 2.24) is 9.97 Å². The standard InChI is InChI=1S/C13H13ClN2O/c1-8-7-11(17-3)9(2)6-10(8)12-13(14)16-5-4-15-12/h4-7H,1-3H3. The summed E-state index contributed by atoms with van der Waals surface area (Å²) >= 11 is 6.05. The number of hydrogen-bond donors (Lipinski definition) is 0. The highest BCUT2D eigenvalue weighted by Crippen LogP contribution is 2.31. The molecule has 17 heavy (non-hydrogen) atoms. The number of aromatic nitrogens is 2. The minimum atomic E-state index is 0.417. The molecule has 0 aliphatic rings. The number of hydrogen-bond acceptors (Lipinski definition) is 3. The fourth-order valence-corrected chi connectivity index (χ4v) is 1.97. The molecule has 2 rings (SSSR count). The van der Waals surface area contributed by atoms with Crippen LogP contribution in [-0.2, 0) is 0 Å². The van der Waals surface area contributed by atoms with Crippen LogP contribution in [0.4, 0.5) is 0 Å². The van der Waals surface area contributed by atoms with Crippen molar-refractivity contribution in [3.05, 3.63) is 40.8 Å². The van der Waals surface area contributed by atoms with Crippen LogP contribution in [0.5, 0.6) is 5.75 Å². The first kappa shape index (κ1) is 11.9. The molecule has 0 fully saturated rings. The lowest BCUT2D eigenvalue weighted by atomic mass is 10.0. The summed E-state index contributed by atoms with van der Waals surface area (Å²) in [6, 6.07) is 4.00. The summed E-state index contributed by atoms with van der Waals surface area (Å²) < 4.78 is 5.28. The predicted molar refractivity (Wildman–Crippen MR) is 68.5 cm³/mol. The van der Waals surface area contributed by atoms with Crippen LogP contribution in [0, 0.1) is 13.8 Å². The molecule has 0 aliphatic carbocycles. The van der Waals surface area contributed by atoms with Crippen LogP contribution in [0.25, 0.3) is 11.3 Å². The average molecular weight is 249 g/mol. The molecule has 0 unspecified atom stereocenters. The van der Waals surface area contributed by atoms with Gasteiger partial charge in [0.05, 0.1) is 7.11 Å². The molecule has 0 aliphatic heterocycles. The van der Waals surface area contributed by atoms with E-state index in [1.54, 1.807) is 19.5 Å². The van der Waals surface area contributed by atoms with Gasteiger partial charge in [-0.3, -0.25) is 4.98 Å². The summed E-state index contributed by atoms with van der Waals surface area (Å²) in [6.07, 6.45) is 3.22. The maximum absolute atomic E-state index is 6.05. The van der Waals surface area contributed by atoms with Crippen molar-refractivity contribution < 1.29 is 4.74 Å². The van der Waals surface area contributed by atoms with Gasteiger partial charge in [0, 0.05) is 18.0 Å². The van der Waals surface area contributed by atoms with Crippen molar-refractivity contribution in [3.63, 3.8) is 0 Å². The van der Waals surface area contributed by atoms with E-state index in [1.165, 1.54) is 0 Å². The van der Waals surface area contributed by atoms with Gasteiger partial charge in [-0.25, -0.2) is 4.98 Å². The van der Waals surface area contributed by atoms with Gasteiger partial charge >= 0.3 is 0 Å². The highest BCUT2D eigenvalue weighted by Gasteiger charge is 2.11. The Bertz CT molecular complexity index is 555. The second-order valence-electron chi connectivity index (χ2n) is 3.83. The summed E-state index contributed by atoms with van der Waals surface area (Å²) in [7, 11) is 1.66. The minimum absolute atomic E-state index is 0.417. The molecule has 0 atom stereocenters. The molecule has 1 aromatic carbocycles. The van der Waals surface area contributed by atoms with Gasteiger partial charge in [-0.1, -0.05) is 11.6 Å². The van der Waals surface area contributed by atoms with E-state index in [-0.39, 0.29) is 0 Å². The largest absolute Gasteiger partial charge is 0.496 e. The van der Waals surface area contributed by atoms with Crippen molar-refractivity contribution in [2.24, 2.45) is 0 Å². The lowest BCUT2D eigenvalue weighted by Crippen LogP contribution is -1.94. The van der Waals surface area contributed by atoms with Crippen LogP contribution in [0.2, 0.25) is 5.15 Å². The molecule has 0 radical (unpaired) electrons. The lowest BCUT2D eigenvalue weighted by Gasteiger charge is -2.11. The number of methoxy groups -OCH3 is 1. The Morgan fingerprint density at radius 3 is 2.41 bits per heavy atom. The number of benzene rings is 1. The van der Waals surface area contributed by atoms with E-state index in [2.05, 4.69) is 9.97 Å². The summed E-state index contributed by atoms with van der Waals surface area (Å²) in [5.74, 6) is 0.867. The number of ether oxygens (including phenoxy) is 1. The fraction of sp³-hybridized carbons (Fsp3) is 0.231. The SMILES string of the molecule is COc1cc(C)c(-c2nccnc2Cl)cc1C. The van der Waals surface area contributed by atoms with Crippen LogP contribution in [0.1, 0.15) is 11.1 Å². The molecular formula is C13H13ClN2O. The summed E-state index contributed by atoms with van der Waals surface area (Å²) in [6.45, 7) is 3.99. The van der Waals surface area contributed by atoms with Gasteiger partial charge in [-0.05, 0) is 37.1 Å². The first-order chi connectivity index (χ1) is 8.13. The summed E-state index contributed by atoms with van der Waals surface area (Å²) in [4.78, 5) is 8.31. The molecule has 2 aromatic rings. The number of aryl methyl sites for hydroxylation is 2. The van der Waals surface area contributed by atoms with E-state index in [1.807, 2.05) is 26.0 Å². The Hall–Kier alpha value is -1.61. The molecule has 0 amide bonds. The van der Waals surface area contributed by atoms with Gasteiger partial charge in [0.15, 0.2) is 5.15 Å². The highest BCUT2D eigenvalue weighted by molar-refractivity contribution is 6.31. The van der Waals surface area contributed by atoms with Gasteiger partial charge in [0.2, 0.25) is 0 Å². The van der Waals surface area contributed by atoms with Crippen LogP contribution in [-0.4, -0.2) is 17.1 Å². The smallest absolute Gasteiger partial charge is 0.155 e. The van der Waals surface area contributed by atoms with Crippen LogP contribution < -0.4 is 4.74 Å². The van der Waals surface area contributed by atoms with Gasteiger partial charge in [0.25, 0.3) is 0 Å².